The van der Waals surface area contributed by atoms with Gasteiger partial charge in [0.2, 0.25) is 0 Å². The zero-order valence-electron chi connectivity index (χ0n) is 19.9. The topological polar surface area (TPSA) is 79.3 Å². The first-order valence-electron chi connectivity index (χ1n) is 12.1. The van der Waals surface area contributed by atoms with Crippen molar-refractivity contribution in [1.29, 1.82) is 0 Å². The minimum atomic E-state index is -0.135. The van der Waals surface area contributed by atoms with Crippen LogP contribution in [0.15, 0.2) is 23.0 Å². The highest BCUT2D eigenvalue weighted by atomic mass is 16.5. The van der Waals surface area contributed by atoms with E-state index in [0.717, 1.165) is 62.6 Å². The van der Waals surface area contributed by atoms with Crippen LogP contribution in [-0.2, 0) is 6.54 Å². The molecule has 1 aromatic carbocycles. The highest BCUT2D eigenvalue weighted by Gasteiger charge is 2.23. The maximum absolute atomic E-state index is 13.2. The van der Waals surface area contributed by atoms with Crippen LogP contribution in [0.25, 0.3) is 22.4 Å². The summed E-state index contributed by atoms with van der Waals surface area (Å²) < 4.78 is 7.65. The first-order valence-corrected chi connectivity index (χ1v) is 12.1. The molecule has 2 aromatic heterocycles. The maximum atomic E-state index is 13.2. The van der Waals surface area contributed by atoms with Crippen LogP contribution in [0.3, 0.4) is 0 Å². The molecule has 1 aliphatic heterocycles. The molecule has 1 N–H and O–H groups in total. The molecule has 0 atom stereocenters. The average Bonchev–Trinajstić information content (AvgIpc) is 3.18. The number of hydrogen-bond donors (Lipinski definition) is 1. The van der Waals surface area contributed by atoms with Crippen molar-refractivity contribution in [3.63, 3.8) is 0 Å². The Balaban J connectivity index is 1.47. The molecule has 3 aromatic rings. The summed E-state index contributed by atoms with van der Waals surface area (Å²) in [6.07, 6.45) is 5.77. The lowest BCUT2D eigenvalue weighted by molar-refractivity contribution is 0.148. The highest BCUT2D eigenvalue weighted by molar-refractivity contribution is 5.79. The Hall–Kier alpha value is -2.71. The van der Waals surface area contributed by atoms with E-state index in [-0.39, 0.29) is 11.6 Å². The Labute approximate surface area is 194 Å². The van der Waals surface area contributed by atoms with E-state index < -0.39 is 0 Å². The summed E-state index contributed by atoms with van der Waals surface area (Å²) in [5, 5.41) is 4.73. The number of aromatic nitrogens is 4. The summed E-state index contributed by atoms with van der Waals surface area (Å²) in [6.45, 7) is 7.14. The number of piperazine rings is 1. The number of nitrogens with zero attached hydrogens (tertiary/aromatic N) is 5. The predicted octanol–water partition coefficient (Wildman–Crippen LogP) is 3.36. The number of hydrogen-bond acceptors (Lipinski definition) is 6. The number of H-pyrrole nitrogens is 1. The van der Waals surface area contributed by atoms with Gasteiger partial charge in [0.25, 0.3) is 5.56 Å². The molecular formula is C25H34N6O2. The van der Waals surface area contributed by atoms with Crippen molar-refractivity contribution in [2.24, 2.45) is 0 Å². The summed E-state index contributed by atoms with van der Waals surface area (Å²) in [4.78, 5) is 25.9. The third-order valence-electron chi connectivity index (χ3n) is 7.17. The second-order valence-corrected chi connectivity index (χ2v) is 9.55. The number of fused-ring (bicyclic) bond motifs is 1. The van der Waals surface area contributed by atoms with E-state index >= 15 is 0 Å². The number of nitrogens with one attached hydrogen (secondary N) is 1. The lowest BCUT2D eigenvalue weighted by Gasteiger charge is -2.32. The zero-order valence-corrected chi connectivity index (χ0v) is 19.9. The number of benzene rings is 1. The van der Waals surface area contributed by atoms with E-state index in [4.69, 9.17) is 14.8 Å². The molecule has 5 rings (SSSR count). The lowest BCUT2D eigenvalue weighted by Crippen LogP contribution is -2.43. The number of likely N-dealkylation sites (N-methyl/N-ethyl adjacent to an activating group) is 1. The van der Waals surface area contributed by atoms with Gasteiger partial charge in [0.1, 0.15) is 17.1 Å². The SMILES string of the molecule is COc1cc(CN2CCN(C)CC2)ccc1-c1nc2c(C)nn(C3CCCCC3)c2c(=O)[nH]1. The number of aryl methyl sites for hydroxylation is 1. The summed E-state index contributed by atoms with van der Waals surface area (Å²) >= 11 is 0. The van der Waals surface area contributed by atoms with E-state index in [9.17, 15) is 4.79 Å². The molecule has 0 spiro atoms. The first-order chi connectivity index (χ1) is 16.0. The van der Waals surface area contributed by atoms with Crippen molar-refractivity contribution < 1.29 is 4.74 Å². The molecule has 3 heterocycles. The lowest BCUT2D eigenvalue weighted by atomic mass is 9.95. The van der Waals surface area contributed by atoms with Gasteiger partial charge >= 0.3 is 0 Å². The number of aromatic amines is 1. The molecule has 176 valence electrons. The number of rotatable bonds is 5. The Morgan fingerprint density at radius 1 is 1.12 bits per heavy atom. The van der Waals surface area contributed by atoms with Crippen molar-refractivity contribution in [3.8, 4) is 17.1 Å². The van der Waals surface area contributed by atoms with Crippen LogP contribution in [-0.4, -0.2) is 69.9 Å². The van der Waals surface area contributed by atoms with Gasteiger partial charge in [-0.25, -0.2) is 4.98 Å². The van der Waals surface area contributed by atoms with Gasteiger partial charge in [0, 0.05) is 32.7 Å². The Bertz CT molecular complexity index is 1190. The molecule has 0 amide bonds. The smallest absolute Gasteiger partial charge is 0.277 e. The zero-order chi connectivity index (χ0) is 22.9. The van der Waals surface area contributed by atoms with Crippen molar-refractivity contribution >= 4 is 11.0 Å². The molecule has 2 fully saturated rings. The number of methoxy groups -OCH3 is 1. The van der Waals surface area contributed by atoms with E-state index in [2.05, 4.69) is 34.0 Å². The van der Waals surface area contributed by atoms with Crippen molar-refractivity contribution in [2.75, 3.05) is 40.3 Å². The molecule has 1 aliphatic carbocycles. The fourth-order valence-corrected chi connectivity index (χ4v) is 5.20. The summed E-state index contributed by atoms with van der Waals surface area (Å²) in [6, 6.07) is 6.47. The number of ether oxygens (including phenoxy) is 1. The molecule has 8 heteroatoms. The highest BCUT2D eigenvalue weighted by Crippen LogP contribution is 2.32. The predicted molar refractivity (Wildman–Crippen MR) is 130 cm³/mol. The second-order valence-electron chi connectivity index (χ2n) is 9.55. The van der Waals surface area contributed by atoms with Gasteiger partial charge in [0.05, 0.1) is 24.4 Å². The molecule has 0 unspecified atom stereocenters. The minimum Gasteiger partial charge on any atom is -0.496 e. The third kappa shape index (κ3) is 4.42. The van der Waals surface area contributed by atoms with E-state index in [1.165, 1.54) is 24.8 Å². The van der Waals surface area contributed by atoms with Gasteiger partial charge in [-0.05, 0) is 44.5 Å². The van der Waals surface area contributed by atoms with Crippen LogP contribution in [0, 0.1) is 6.92 Å². The van der Waals surface area contributed by atoms with Crippen LogP contribution < -0.4 is 10.3 Å². The van der Waals surface area contributed by atoms with Crippen LogP contribution >= 0.6 is 0 Å². The Morgan fingerprint density at radius 2 is 1.88 bits per heavy atom. The molecule has 0 radical (unpaired) electrons. The fourth-order valence-electron chi connectivity index (χ4n) is 5.20. The van der Waals surface area contributed by atoms with Crippen LogP contribution in [0.2, 0.25) is 0 Å². The van der Waals surface area contributed by atoms with Crippen molar-refractivity contribution in [3.05, 3.63) is 39.8 Å². The van der Waals surface area contributed by atoms with Gasteiger partial charge in [-0.15, -0.1) is 0 Å². The van der Waals surface area contributed by atoms with Crippen LogP contribution in [0.4, 0.5) is 0 Å². The molecule has 0 bridgehead atoms. The minimum absolute atomic E-state index is 0.135. The van der Waals surface area contributed by atoms with Gasteiger partial charge in [-0.1, -0.05) is 25.3 Å². The van der Waals surface area contributed by atoms with Crippen molar-refractivity contribution in [1.82, 2.24) is 29.5 Å². The van der Waals surface area contributed by atoms with Crippen molar-refractivity contribution in [2.45, 2.75) is 51.6 Å². The third-order valence-corrected chi connectivity index (χ3v) is 7.17. The summed E-state index contributed by atoms with van der Waals surface area (Å²) in [5.74, 6) is 1.25. The molecule has 2 aliphatic rings. The Morgan fingerprint density at radius 3 is 2.61 bits per heavy atom. The largest absolute Gasteiger partial charge is 0.496 e. The summed E-state index contributed by atoms with van der Waals surface area (Å²) in [7, 11) is 3.84. The van der Waals surface area contributed by atoms with E-state index in [0.29, 0.717) is 16.9 Å². The molecule has 1 saturated heterocycles. The average molecular weight is 451 g/mol. The fraction of sp³-hybridized carbons (Fsp3) is 0.560. The summed E-state index contributed by atoms with van der Waals surface area (Å²) in [5.41, 5.74) is 3.93. The maximum Gasteiger partial charge on any atom is 0.277 e. The van der Waals surface area contributed by atoms with E-state index in [1.807, 2.05) is 17.7 Å². The Kier molecular flexibility index (Phi) is 6.21. The molecule has 33 heavy (non-hydrogen) atoms. The molecule has 8 nitrogen and oxygen atoms in total. The van der Waals surface area contributed by atoms with Crippen LogP contribution in [0.5, 0.6) is 5.75 Å². The van der Waals surface area contributed by atoms with E-state index in [1.54, 1.807) is 7.11 Å². The monoisotopic (exact) mass is 450 g/mol. The van der Waals surface area contributed by atoms with Gasteiger partial charge in [-0.2, -0.15) is 5.10 Å². The molecular weight excluding hydrogens is 416 g/mol. The quantitative estimate of drug-likeness (QED) is 0.642. The van der Waals surface area contributed by atoms with Gasteiger partial charge < -0.3 is 14.6 Å². The molecule has 1 saturated carbocycles. The first kappa shape index (κ1) is 22.1. The standard InChI is InChI=1S/C25H34N6O2/c1-17-22-23(31(28-17)19-7-5-4-6-8-19)25(32)27-24(26-22)20-10-9-18(15-21(20)33-3)16-30-13-11-29(2)12-14-30/h9-10,15,19H,4-8,11-14,16H2,1-3H3,(H,26,27,32). The normalized spacial score (nSPS) is 18.8. The van der Waals surface area contributed by atoms with Crippen LogP contribution in [0.1, 0.15) is 49.4 Å². The second kappa shape index (κ2) is 9.27. The van der Waals surface area contributed by atoms with Gasteiger partial charge in [0.15, 0.2) is 5.52 Å². The van der Waals surface area contributed by atoms with Gasteiger partial charge in [-0.3, -0.25) is 14.4 Å².